The summed E-state index contributed by atoms with van der Waals surface area (Å²) in [4.78, 5) is 21.9. The number of carboxylic acids is 1. The Morgan fingerprint density at radius 1 is 1.40 bits per heavy atom. The maximum absolute atomic E-state index is 13.2. The highest BCUT2D eigenvalue weighted by Gasteiger charge is 2.09. The lowest BCUT2D eigenvalue weighted by Crippen LogP contribution is -2.32. The molecule has 0 saturated heterocycles. The van der Waals surface area contributed by atoms with Crippen molar-refractivity contribution in [3.05, 3.63) is 30.1 Å². The van der Waals surface area contributed by atoms with Crippen molar-refractivity contribution in [2.24, 2.45) is 5.92 Å². The van der Waals surface area contributed by atoms with Crippen LogP contribution in [-0.2, 0) is 9.59 Å². The van der Waals surface area contributed by atoms with Crippen molar-refractivity contribution in [1.82, 2.24) is 5.32 Å². The van der Waals surface area contributed by atoms with Gasteiger partial charge in [-0.3, -0.25) is 9.59 Å². The fourth-order valence-electron chi connectivity index (χ4n) is 1.52. The minimum absolute atomic E-state index is 0.0292. The Labute approximate surface area is 116 Å². The van der Waals surface area contributed by atoms with Crippen LogP contribution in [0.4, 0.5) is 4.39 Å². The van der Waals surface area contributed by atoms with Crippen molar-refractivity contribution < 1.29 is 23.8 Å². The van der Waals surface area contributed by atoms with Gasteiger partial charge in [-0.1, -0.05) is 19.1 Å². The Hall–Kier alpha value is -2.11. The zero-order chi connectivity index (χ0) is 15.0. The molecule has 1 atom stereocenters. The summed E-state index contributed by atoms with van der Waals surface area (Å²) in [6.07, 6.45) is 0.562. The molecule has 5 nitrogen and oxygen atoms in total. The number of hydrogen-bond acceptors (Lipinski definition) is 3. The molecule has 1 aromatic carbocycles. The maximum Gasteiger partial charge on any atom is 0.303 e. The maximum atomic E-state index is 13.2. The van der Waals surface area contributed by atoms with Crippen molar-refractivity contribution >= 4 is 11.9 Å². The first-order chi connectivity index (χ1) is 9.49. The van der Waals surface area contributed by atoms with Crippen LogP contribution in [0.3, 0.4) is 0 Å². The van der Waals surface area contributed by atoms with Gasteiger partial charge in [0.05, 0.1) is 0 Å². The monoisotopic (exact) mass is 283 g/mol. The molecular weight excluding hydrogens is 265 g/mol. The lowest BCUT2D eigenvalue weighted by molar-refractivity contribution is -0.137. The summed E-state index contributed by atoms with van der Waals surface area (Å²) < 4.78 is 18.3. The van der Waals surface area contributed by atoms with E-state index in [-0.39, 0.29) is 30.6 Å². The lowest BCUT2D eigenvalue weighted by Gasteiger charge is -2.12. The molecule has 0 aromatic heterocycles. The van der Waals surface area contributed by atoms with E-state index >= 15 is 0 Å². The molecule has 20 heavy (non-hydrogen) atoms. The van der Waals surface area contributed by atoms with Gasteiger partial charge < -0.3 is 15.2 Å². The number of halogens is 1. The first-order valence-corrected chi connectivity index (χ1v) is 6.35. The number of benzene rings is 1. The molecule has 1 amide bonds. The number of rotatable bonds is 8. The zero-order valence-corrected chi connectivity index (χ0v) is 11.3. The summed E-state index contributed by atoms with van der Waals surface area (Å²) in [7, 11) is 0. The standard InChI is InChI=1S/C14H18FNO4/c1-10(6-7-14(18)19)8-16-13(17)9-20-12-5-3-2-4-11(12)15/h2-5,10H,6-9H2,1H3,(H,16,17)(H,18,19). The van der Waals surface area contributed by atoms with E-state index in [2.05, 4.69) is 5.32 Å². The van der Waals surface area contributed by atoms with E-state index in [0.29, 0.717) is 13.0 Å². The van der Waals surface area contributed by atoms with E-state index in [1.54, 1.807) is 6.07 Å². The minimum Gasteiger partial charge on any atom is -0.481 e. The fourth-order valence-corrected chi connectivity index (χ4v) is 1.52. The molecule has 110 valence electrons. The van der Waals surface area contributed by atoms with Crippen LogP contribution in [0.5, 0.6) is 5.75 Å². The van der Waals surface area contributed by atoms with Crippen molar-refractivity contribution in [2.75, 3.05) is 13.2 Å². The average Bonchev–Trinajstić information content (AvgIpc) is 2.42. The van der Waals surface area contributed by atoms with Crippen molar-refractivity contribution in [1.29, 1.82) is 0 Å². The molecule has 1 unspecified atom stereocenters. The number of carbonyl (C=O) groups is 2. The number of aliphatic carboxylic acids is 1. The topological polar surface area (TPSA) is 75.6 Å². The summed E-state index contributed by atoms with van der Waals surface area (Å²) in [5.74, 6) is -1.65. The summed E-state index contributed by atoms with van der Waals surface area (Å²) in [6.45, 7) is 1.94. The summed E-state index contributed by atoms with van der Waals surface area (Å²) in [5.41, 5.74) is 0. The number of nitrogens with one attached hydrogen (secondary N) is 1. The van der Waals surface area contributed by atoms with Gasteiger partial charge in [-0.25, -0.2) is 4.39 Å². The van der Waals surface area contributed by atoms with Crippen molar-refractivity contribution in [3.8, 4) is 5.75 Å². The summed E-state index contributed by atoms with van der Waals surface area (Å²) in [5, 5.41) is 11.1. The van der Waals surface area contributed by atoms with Crippen LogP contribution in [0.1, 0.15) is 19.8 Å². The van der Waals surface area contributed by atoms with E-state index < -0.39 is 11.8 Å². The van der Waals surface area contributed by atoms with E-state index in [9.17, 15) is 14.0 Å². The lowest BCUT2D eigenvalue weighted by atomic mass is 10.1. The second-order valence-electron chi connectivity index (χ2n) is 4.56. The second kappa shape index (κ2) is 8.14. The number of carbonyl (C=O) groups excluding carboxylic acids is 1. The largest absolute Gasteiger partial charge is 0.481 e. The van der Waals surface area contributed by atoms with Crippen LogP contribution in [-0.4, -0.2) is 30.1 Å². The van der Waals surface area contributed by atoms with Gasteiger partial charge in [-0.15, -0.1) is 0 Å². The first-order valence-electron chi connectivity index (χ1n) is 6.35. The normalized spacial score (nSPS) is 11.7. The number of para-hydroxylation sites is 1. The Kier molecular flexibility index (Phi) is 6.49. The van der Waals surface area contributed by atoms with Gasteiger partial charge in [0.15, 0.2) is 18.2 Å². The number of hydrogen-bond donors (Lipinski definition) is 2. The van der Waals surface area contributed by atoms with Crippen LogP contribution in [0, 0.1) is 11.7 Å². The van der Waals surface area contributed by atoms with E-state index in [1.807, 2.05) is 6.92 Å². The van der Waals surface area contributed by atoms with Gasteiger partial charge in [-0.05, 0) is 24.5 Å². The average molecular weight is 283 g/mol. The third-order valence-electron chi connectivity index (χ3n) is 2.69. The van der Waals surface area contributed by atoms with Gasteiger partial charge in [0.2, 0.25) is 0 Å². The minimum atomic E-state index is -0.855. The molecular formula is C14H18FNO4. The predicted octanol–water partition coefficient (Wildman–Crippen LogP) is 1.82. The smallest absolute Gasteiger partial charge is 0.303 e. The SMILES string of the molecule is CC(CCC(=O)O)CNC(=O)COc1ccccc1F. The molecule has 0 aliphatic rings. The Morgan fingerprint density at radius 3 is 2.75 bits per heavy atom. The molecule has 1 aromatic rings. The number of amides is 1. The highest BCUT2D eigenvalue weighted by molar-refractivity contribution is 5.77. The molecule has 0 aliphatic heterocycles. The van der Waals surface area contributed by atoms with Crippen LogP contribution < -0.4 is 10.1 Å². The Bertz CT molecular complexity index is 464. The third-order valence-corrected chi connectivity index (χ3v) is 2.69. The number of carboxylic acid groups (broad SMARTS) is 1. The second-order valence-corrected chi connectivity index (χ2v) is 4.56. The van der Waals surface area contributed by atoms with Gasteiger partial charge >= 0.3 is 5.97 Å². The molecule has 0 fully saturated rings. The predicted molar refractivity (Wildman–Crippen MR) is 70.9 cm³/mol. The molecule has 0 bridgehead atoms. The molecule has 0 aliphatic carbocycles. The highest BCUT2D eigenvalue weighted by atomic mass is 19.1. The van der Waals surface area contributed by atoms with Gasteiger partial charge in [-0.2, -0.15) is 0 Å². The van der Waals surface area contributed by atoms with Gasteiger partial charge in [0.25, 0.3) is 5.91 Å². The van der Waals surface area contributed by atoms with Gasteiger partial charge in [0, 0.05) is 13.0 Å². The van der Waals surface area contributed by atoms with E-state index in [4.69, 9.17) is 9.84 Å². The van der Waals surface area contributed by atoms with Crippen LogP contribution in [0.25, 0.3) is 0 Å². The van der Waals surface area contributed by atoms with Crippen LogP contribution in [0.2, 0.25) is 0 Å². The molecule has 0 heterocycles. The molecule has 0 spiro atoms. The van der Waals surface area contributed by atoms with Crippen LogP contribution in [0.15, 0.2) is 24.3 Å². The van der Waals surface area contributed by atoms with Gasteiger partial charge in [0.1, 0.15) is 0 Å². The fraction of sp³-hybridized carbons (Fsp3) is 0.429. The third kappa shape index (κ3) is 6.17. The molecule has 2 N–H and O–H groups in total. The van der Waals surface area contributed by atoms with Crippen LogP contribution >= 0.6 is 0 Å². The van der Waals surface area contributed by atoms with Crippen molar-refractivity contribution in [2.45, 2.75) is 19.8 Å². The van der Waals surface area contributed by atoms with E-state index in [0.717, 1.165) is 0 Å². The molecule has 1 rings (SSSR count). The molecule has 6 heteroatoms. The summed E-state index contributed by atoms with van der Waals surface area (Å²) in [6, 6.07) is 5.84. The Morgan fingerprint density at radius 2 is 2.10 bits per heavy atom. The van der Waals surface area contributed by atoms with Crippen molar-refractivity contribution in [3.63, 3.8) is 0 Å². The Balaban J connectivity index is 2.24. The molecule has 0 saturated carbocycles. The first kappa shape index (κ1) is 15.9. The quantitative estimate of drug-likeness (QED) is 0.763. The summed E-state index contributed by atoms with van der Waals surface area (Å²) >= 11 is 0. The number of ether oxygens (including phenoxy) is 1. The molecule has 0 radical (unpaired) electrons. The highest BCUT2D eigenvalue weighted by Crippen LogP contribution is 2.14. The zero-order valence-electron chi connectivity index (χ0n) is 11.3. The van der Waals surface area contributed by atoms with E-state index in [1.165, 1.54) is 18.2 Å².